The van der Waals surface area contributed by atoms with Gasteiger partial charge in [-0.05, 0) is 65.8 Å². The summed E-state index contributed by atoms with van der Waals surface area (Å²) < 4.78 is 95.8. The predicted molar refractivity (Wildman–Crippen MR) is 218 cm³/mol. The summed E-state index contributed by atoms with van der Waals surface area (Å²) in [6, 6.07) is 30.7. The van der Waals surface area contributed by atoms with Gasteiger partial charge in [0, 0.05) is 73.2 Å². The molecule has 2 aliphatic carbocycles. The molecule has 3 fully saturated rings. The van der Waals surface area contributed by atoms with Crippen molar-refractivity contribution in [2.45, 2.75) is 31.3 Å². The first-order chi connectivity index (χ1) is 30.9. The van der Waals surface area contributed by atoms with Gasteiger partial charge in [0.05, 0.1) is 13.7 Å². The molecule has 1 aliphatic heterocycles. The summed E-state index contributed by atoms with van der Waals surface area (Å²) in [5.74, 6) is 2.20. The summed E-state index contributed by atoms with van der Waals surface area (Å²) in [6.45, 7) is 1.95. The van der Waals surface area contributed by atoms with Crippen LogP contribution in [0.4, 0.5) is 11.4 Å². The van der Waals surface area contributed by atoms with E-state index >= 15 is 0 Å². The minimum atomic E-state index is -0.528. The van der Waals surface area contributed by atoms with Gasteiger partial charge in [-0.2, -0.15) is 24.9 Å². The zero-order valence-electron chi connectivity index (χ0n) is 39.3. The summed E-state index contributed by atoms with van der Waals surface area (Å²) in [6.07, 6.45) is 4.65. The number of fused-ring (bicyclic) bond motifs is 8. The van der Waals surface area contributed by atoms with E-state index < -0.39 is 60.4 Å². The number of anilines is 2. The van der Waals surface area contributed by atoms with Crippen molar-refractivity contribution in [2.24, 2.45) is 11.8 Å². The van der Waals surface area contributed by atoms with Crippen LogP contribution in [0.1, 0.15) is 33.0 Å². The summed E-state index contributed by atoms with van der Waals surface area (Å²) in [7, 11) is 0. The smallest absolute Gasteiger partial charge is 0.135 e. The van der Waals surface area contributed by atoms with Crippen LogP contribution in [0.15, 0.2) is 158 Å². The summed E-state index contributed by atoms with van der Waals surface area (Å²) >= 11 is 0. The van der Waals surface area contributed by atoms with Crippen LogP contribution in [0.25, 0.3) is 49.9 Å². The maximum absolute atomic E-state index is 9.05. The van der Waals surface area contributed by atoms with Crippen molar-refractivity contribution >= 4 is 33.2 Å². The van der Waals surface area contributed by atoms with E-state index in [1.165, 1.54) is 0 Å². The minimum absolute atomic E-state index is 0. The average molecular weight is 903 g/mol. The molecule has 8 aromatic rings. The van der Waals surface area contributed by atoms with Crippen LogP contribution in [0, 0.1) is 30.6 Å². The molecule has 2 bridgehead atoms. The standard InChI is InChI=1S/C49H37N4O.Pt/c1-3-13-33(14-4-1)40-20-12-21-41(34-15-5-2-6-16-34)49(40)52-32-51(47-35-24-25-36(29-35)48(47)52)37-17-11-18-38(30-37)54-39-26-27-43-42-19-7-8-22-44(42)53(45(43)31-39)46-23-9-10-28-50-46;/h1-23,26-28,32,35-36,47-48H,24-25,29H2;/q-3;/t35-,36?,47+,48?;/m1./s1/i1D,2D,3D,4D,5D,6D,13D,14D,15D,16D;. The molecule has 4 atom stereocenters. The zero-order valence-corrected chi connectivity index (χ0v) is 31.5. The molecule has 2 saturated carbocycles. The second-order valence-corrected chi connectivity index (χ2v) is 14.1. The molecule has 272 valence electrons. The number of hydrogen-bond donors (Lipinski definition) is 0. The van der Waals surface area contributed by atoms with Gasteiger partial charge in [-0.1, -0.05) is 108 Å². The monoisotopic (exact) mass is 902 g/mol. The van der Waals surface area contributed by atoms with Gasteiger partial charge in [0.2, 0.25) is 0 Å². The number of hydrogen-bond acceptors (Lipinski definition) is 4. The Kier molecular flexibility index (Phi) is 6.24. The number of pyridine rings is 1. The molecule has 6 heteroatoms. The van der Waals surface area contributed by atoms with Crippen molar-refractivity contribution in [3.8, 4) is 39.6 Å². The molecule has 0 spiro atoms. The van der Waals surface area contributed by atoms with Crippen LogP contribution in [0.2, 0.25) is 0 Å². The third kappa shape index (κ3) is 5.67. The number of ether oxygens (including phenoxy) is 1. The zero-order chi connectivity index (χ0) is 44.3. The molecule has 5 nitrogen and oxygen atoms in total. The third-order valence-electron chi connectivity index (χ3n) is 11.2. The summed E-state index contributed by atoms with van der Waals surface area (Å²) in [4.78, 5) is 8.86. The molecule has 55 heavy (non-hydrogen) atoms. The van der Waals surface area contributed by atoms with Gasteiger partial charge in [0.15, 0.2) is 0 Å². The van der Waals surface area contributed by atoms with Crippen LogP contribution in [0.3, 0.4) is 0 Å². The average Bonchev–Trinajstić information content (AvgIpc) is 4.11. The van der Waals surface area contributed by atoms with Crippen LogP contribution in [0.5, 0.6) is 11.5 Å². The number of para-hydroxylation sites is 2. The Morgan fingerprint density at radius 2 is 1.33 bits per heavy atom. The van der Waals surface area contributed by atoms with Gasteiger partial charge >= 0.3 is 0 Å². The first kappa shape index (κ1) is 24.7. The fraction of sp³-hybridized carbons (Fsp3) is 0.143. The second-order valence-electron chi connectivity index (χ2n) is 14.1. The number of rotatable bonds is 7. The molecule has 0 radical (unpaired) electrons. The molecule has 3 aliphatic rings. The van der Waals surface area contributed by atoms with Gasteiger partial charge in [-0.3, -0.25) is 0 Å². The van der Waals surface area contributed by atoms with Crippen molar-refractivity contribution < 1.29 is 39.5 Å². The fourth-order valence-electron chi connectivity index (χ4n) is 9.15. The molecule has 11 rings (SSSR count). The van der Waals surface area contributed by atoms with Crippen LogP contribution >= 0.6 is 0 Å². The van der Waals surface area contributed by atoms with Gasteiger partial charge in [0.25, 0.3) is 0 Å². The third-order valence-corrected chi connectivity index (χ3v) is 11.2. The first-order valence-electron chi connectivity index (χ1n) is 23.2. The summed E-state index contributed by atoms with van der Waals surface area (Å²) in [5.41, 5.74) is 3.41. The second kappa shape index (κ2) is 13.9. The molecule has 6 aromatic carbocycles. The molecule has 1 saturated heterocycles. The van der Waals surface area contributed by atoms with Gasteiger partial charge < -0.3 is 19.1 Å². The predicted octanol–water partition coefficient (Wildman–Crippen LogP) is 11.5. The molecule has 2 unspecified atom stereocenters. The fourth-order valence-corrected chi connectivity index (χ4v) is 9.15. The maximum atomic E-state index is 9.05. The molecular formula is C49H37N4OPt-3. The Labute approximate surface area is 350 Å². The van der Waals surface area contributed by atoms with Crippen molar-refractivity contribution in [3.63, 3.8) is 0 Å². The topological polar surface area (TPSA) is 33.5 Å². The van der Waals surface area contributed by atoms with E-state index in [-0.39, 0.29) is 67.2 Å². The van der Waals surface area contributed by atoms with Gasteiger partial charge in [-0.25, -0.2) is 4.98 Å². The Morgan fingerprint density at radius 1 is 0.655 bits per heavy atom. The van der Waals surface area contributed by atoms with E-state index in [0.29, 0.717) is 17.2 Å². The Balaban J connectivity index is 0.00000498. The van der Waals surface area contributed by atoms with Crippen LogP contribution in [-0.4, -0.2) is 21.6 Å². The quantitative estimate of drug-likeness (QED) is 0.149. The van der Waals surface area contributed by atoms with Crippen LogP contribution in [-0.2, 0) is 21.1 Å². The van der Waals surface area contributed by atoms with E-state index in [1.807, 2.05) is 67.3 Å². The van der Waals surface area contributed by atoms with E-state index in [0.717, 1.165) is 52.6 Å². The Bertz CT molecular complexity index is 3090. The van der Waals surface area contributed by atoms with Gasteiger partial charge in [0.1, 0.15) is 5.82 Å². The number of nitrogens with zero attached hydrogens (tertiary/aromatic N) is 4. The van der Waals surface area contributed by atoms with Crippen molar-refractivity contribution in [3.05, 3.63) is 176 Å². The Morgan fingerprint density at radius 3 is 2.05 bits per heavy atom. The van der Waals surface area contributed by atoms with Crippen molar-refractivity contribution in [1.29, 1.82) is 0 Å². The van der Waals surface area contributed by atoms with Gasteiger partial charge in [-0.15, -0.1) is 35.3 Å². The van der Waals surface area contributed by atoms with E-state index in [2.05, 4.69) is 43.6 Å². The summed E-state index contributed by atoms with van der Waals surface area (Å²) in [5, 5.41) is 2.07. The normalized spacial score (nSPS) is 22.4. The van der Waals surface area contributed by atoms with E-state index in [9.17, 15) is 0 Å². The molecule has 2 aromatic heterocycles. The van der Waals surface area contributed by atoms with E-state index in [4.69, 9.17) is 18.4 Å². The first-order valence-corrected chi connectivity index (χ1v) is 18.2. The maximum Gasteiger partial charge on any atom is 0.135 e. The van der Waals surface area contributed by atoms with Crippen molar-refractivity contribution in [1.82, 2.24) is 9.55 Å². The molecule has 3 heterocycles. The van der Waals surface area contributed by atoms with Crippen LogP contribution < -0.4 is 14.5 Å². The number of aromatic nitrogens is 2. The number of benzene rings is 6. The minimum Gasteiger partial charge on any atom is -0.519 e. The van der Waals surface area contributed by atoms with E-state index in [1.54, 1.807) is 24.4 Å². The SMILES string of the molecule is [2H]c1c([2H])c([2H])c(-c2cccc(-c3c([2H])c([2H])c([2H])c([2H])c3[2H])c2N2[CH-]N(c3[c-]c(Oc4[c-]c5c(cc4)c4ccccc4n5-c4ccccn4)ccc3)[C@@H]3C2C2CC[C@@H]3C2)c([2H])c1[2H].[Pt]. The van der Waals surface area contributed by atoms with Crippen molar-refractivity contribution in [2.75, 3.05) is 9.80 Å². The molecule has 0 N–H and O–H groups in total. The largest absolute Gasteiger partial charge is 0.519 e. The Hall–Kier alpha value is -5.64. The molecule has 0 amide bonds. The molecular weight excluding hydrogens is 856 g/mol.